The molecular formula is C13H20BrNO. The predicted molar refractivity (Wildman–Crippen MR) is 72.1 cm³/mol. The van der Waals surface area contributed by atoms with Gasteiger partial charge >= 0.3 is 0 Å². The lowest BCUT2D eigenvalue weighted by atomic mass is 9.97. The fraction of sp³-hybridized carbons (Fsp3) is 0.538. The molecule has 0 fully saturated rings. The fourth-order valence-electron chi connectivity index (χ4n) is 1.73. The molecule has 1 atom stereocenters. The molecule has 0 aliphatic heterocycles. The van der Waals surface area contributed by atoms with Gasteiger partial charge in [-0.25, -0.2) is 0 Å². The van der Waals surface area contributed by atoms with Crippen LogP contribution in [0.3, 0.4) is 0 Å². The minimum absolute atomic E-state index is 0.142. The first kappa shape index (κ1) is 13.5. The summed E-state index contributed by atoms with van der Waals surface area (Å²) < 4.78 is 6.42. The average Bonchev–Trinajstić information content (AvgIpc) is 2.16. The largest absolute Gasteiger partial charge is 0.495 e. The van der Waals surface area contributed by atoms with Crippen molar-refractivity contribution in [3.05, 3.63) is 27.7 Å². The van der Waals surface area contributed by atoms with E-state index in [4.69, 9.17) is 10.5 Å². The first-order chi connectivity index (χ1) is 7.45. The molecule has 3 heteroatoms. The van der Waals surface area contributed by atoms with Crippen molar-refractivity contribution in [3.8, 4) is 5.75 Å². The monoisotopic (exact) mass is 285 g/mol. The third-order valence-corrected chi connectivity index (χ3v) is 3.14. The van der Waals surface area contributed by atoms with Crippen molar-refractivity contribution >= 4 is 15.9 Å². The van der Waals surface area contributed by atoms with Crippen LogP contribution in [-0.2, 0) is 6.42 Å². The van der Waals surface area contributed by atoms with Gasteiger partial charge in [-0.1, -0.05) is 19.9 Å². The standard InChI is InChI=1S/C13H20BrNO/c1-8(2)10-6-11(5-9(3)15)13(16-4)12(14)7-10/h6-9H,5,15H2,1-4H3. The maximum Gasteiger partial charge on any atom is 0.136 e. The molecule has 0 saturated heterocycles. The molecule has 2 nitrogen and oxygen atoms in total. The molecule has 0 radical (unpaired) electrons. The molecule has 0 aliphatic carbocycles. The van der Waals surface area contributed by atoms with Gasteiger partial charge in [0.25, 0.3) is 0 Å². The maximum absolute atomic E-state index is 5.85. The van der Waals surface area contributed by atoms with Crippen LogP contribution >= 0.6 is 15.9 Å². The normalized spacial score (nSPS) is 12.9. The molecule has 0 aromatic heterocycles. The third kappa shape index (κ3) is 3.22. The molecular weight excluding hydrogens is 266 g/mol. The number of hydrogen-bond donors (Lipinski definition) is 1. The van der Waals surface area contributed by atoms with Crippen LogP contribution in [0.5, 0.6) is 5.75 Å². The van der Waals surface area contributed by atoms with E-state index in [1.807, 2.05) is 6.92 Å². The van der Waals surface area contributed by atoms with Gasteiger partial charge in [-0.3, -0.25) is 0 Å². The van der Waals surface area contributed by atoms with Gasteiger partial charge in [-0.2, -0.15) is 0 Å². The molecule has 0 spiro atoms. The Morgan fingerprint density at radius 1 is 1.31 bits per heavy atom. The number of ether oxygens (including phenoxy) is 1. The zero-order chi connectivity index (χ0) is 12.3. The van der Waals surface area contributed by atoms with E-state index < -0.39 is 0 Å². The van der Waals surface area contributed by atoms with E-state index in [0.29, 0.717) is 5.92 Å². The van der Waals surface area contributed by atoms with E-state index in [1.165, 1.54) is 11.1 Å². The Kier molecular flexibility index (Phi) is 4.81. The molecule has 0 aliphatic rings. The fourth-order valence-corrected chi connectivity index (χ4v) is 2.41. The van der Waals surface area contributed by atoms with Crippen LogP contribution in [0.25, 0.3) is 0 Å². The number of rotatable bonds is 4. The van der Waals surface area contributed by atoms with Crippen molar-refractivity contribution in [3.63, 3.8) is 0 Å². The highest BCUT2D eigenvalue weighted by Gasteiger charge is 2.12. The second-order valence-corrected chi connectivity index (χ2v) is 5.39. The van der Waals surface area contributed by atoms with Gasteiger partial charge < -0.3 is 10.5 Å². The Morgan fingerprint density at radius 2 is 1.94 bits per heavy atom. The van der Waals surface area contributed by atoms with Gasteiger partial charge in [0.15, 0.2) is 0 Å². The maximum atomic E-state index is 5.85. The van der Waals surface area contributed by atoms with Gasteiger partial charge in [0.2, 0.25) is 0 Å². The minimum atomic E-state index is 0.142. The van der Waals surface area contributed by atoms with Gasteiger partial charge in [-0.05, 0) is 52.4 Å². The summed E-state index contributed by atoms with van der Waals surface area (Å²) >= 11 is 3.55. The first-order valence-corrected chi connectivity index (χ1v) is 6.36. The SMILES string of the molecule is COc1c(Br)cc(C(C)C)cc1CC(C)N. The Labute approximate surface area is 106 Å². The van der Waals surface area contributed by atoms with Gasteiger partial charge in [0.1, 0.15) is 5.75 Å². The molecule has 1 aromatic carbocycles. The van der Waals surface area contributed by atoms with Crippen molar-refractivity contribution in [2.24, 2.45) is 5.73 Å². The number of methoxy groups -OCH3 is 1. The van der Waals surface area contributed by atoms with Crippen LogP contribution in [-0.4, -0.2) is 13.2 Å². The average molecular weight is 286 g/mol. The van der Waals surface area contributed by atoms with Gasteiger partial charge in [0, 0.05) is 6.04 Å². The molecule has 1 unspecified atom stereocenters. The lowest BCUT2D eigenvalue weighted by Crippen LogP contribution is -2.18. The van der Waals surface area contributed by atoms with Crippen molar-refractivity contribution in [2.75, 3.05) is 7.11 Å². The Balaban J connectivity index is 3.19. The second kappa shape index (κ2) is 5.69. The first-order valence-electron chi connectivity index (χ1n) is 5.57. The lowest BCUT2D eigenvalue weighted by Gasteiger charge is -2.16. The van der Waals surface area contributed by atoms with E-state index >= 15 is 0 Å². The molecule has 0 amide bonds. The number of benzene rings is 1. The summed E-state index contributed by atoms with van der Waals surface area (Å²) in [4.78, 5) is 0. The number of nitrogens with two attached hydrogens (primary N) is 1. The third-order valence-electron chi connectivity index (χ3n) is 2.56. The van der Waals surface area contributed by atoms with E-state index in [0.717, 1.165) is 16.6 Å². The summed E-state index contributed by atoms with van der Waals surface area (Å²) in [6.45, 7) is 6.38. The molecule has 16 heavy (non-hydrogen) atoms. The topological polar surface area (TPSA) is 35.2 Å². The van der Waals surface area contributed by atoms with Crippen LogP contribution in [0.1, 0.15) is 37.8 Å². The van der Waals surface area contributed by atoms with E-state index in [-0.39, 0.29) is 6.04 Å². The molecule has 0 bridgehead atoms. The van der Waals surface area contributed by atoms with Crippen LogP contribution in [0.4, 0.5) is 0 Å². The highest BCUT2D eigenvalue weighted by molar-refractivity contribution is 9.10. The zero-order valence-electron chi connectivity index (χ0n) is 10.4. The van der Waals surface area contributed by atoms with Crippen molar-refractivity contribution in [1.29, 1.82) is 0 Å². The van der Waals surface area contributed by atoms with Crippen LogP contribution in [0.2, 0.25) is 0 Å². The van der Waals surface area contributed by atoms with Crippen LogP contribution in [0, 0.1) is 0 Å². The molecule has 1 aromatic rings. The van der Waals surface area contributed by atoms with Crippen molar-refractivity contribution in [1.82, 2.24) is 0 Å². The highest BCUT2D eigenvalue weighted by Crippen LogP contribution is 2.33. The quantitative estimate of drug-likeness (QED) is 0.919. The molecule has 90 valence electrons. The lowest BCUT2D eigenvalue weighted by molar-refractivity contribution is 0.405. The van der Waals surface area contributed by atoms with E-state index in [2.05, 4.69) is 41.9 Å². The summed E-state index contributed by atoms with van der Waals surface area (Å²) in [7, 11) is 1.69. The molecule has 0 heterocycles. The summed E-state index contributed by atoms with van der Waals surface area (Å²) in [5.41, 5.74) is 8.34. The van der Waals surface area contributed by atoms with Crippen molar-refractivity contribution < 1.29 is 4.74 Å². The predicted octanol–water partition coefficient (Wildman–Crippen LogP) is 3.47. The van der Waals surface area contributed by atoms with Crippen LogP contribution < -0.4 is 10.5 Å². The van der Waals surface area contributed by atoms with E-state index in [9.17, 15) is 0 Å². The Morgan fingerprint density at radius 3 is 2.38 bits per heavy atom. The molecule has 2 N–H and O–H groups in total. The number of halogens is 1. The zero-order valence-corrected chi connectivity index (χ0v) is 12.0. The van der Waals surface area contributed by atoms with E-state index in [1.54, 1.807) is 7.11 Å². The molecule has 1 rings (SSSR count). The van der Waals surface area contributed by atoms with Crippen molar-refractivity contribution in [2.45, 2.75) is 39.2 Å². The summed E-state index contributed by atoms with van der Waals surface area (Å²) in [5, 5.41) is 0. The Bertz CT molecular complexity index is 361. The number of hydrogen-bond acceptors (Lipinski definition) is 2. The van der Waals surface area contributed by atoms with Gasteiger partial charge in [0.05, 0.1) is 11.6 Å². The molecule has 0 saturated carbocycles. The Hall–Kier alpha value is -0.540. The summed E-state index contributed by atoms with van der Waals surface area (Å²) in [5.74, 6) is 1.41. The van der Waals surface area contributed by atoms with Crippen LogP contribution in [0.15, 0.2) is 16.6 Å². The summed E-state index contributed by atoms with van der Waals surface area (Å²) in [6.07, 6.45) is 0.836. The van der Waals surface area contributed by atoms with Gasteiger partial charge in [-0.15, -0.1) is 0 Å². The highest BCUT2D eigenvalue weighted by atomic mass is 79.9. The summed E-state index contributed by atoms with van der Waals surface area (Å²) in [6, 6.07) is 4.45. The second-order valence-electron chi connectivity index (χ2n) is 4.53. The smallest absolute Gasteiger partial charge is 0.136 e. The minimum Gasteiger partial charge on any atom is -0.495 e.